The number of piperazine rings is 1. The predicted octanol–water partition coefficient (Wildman–Crippen LogP) is 2.31. The molecule has 2 heterocycles. The van der Waals surface area contributed by atoms with Gasteiger partial charge in [0.15, 0.2) is 9.84 Å². The van der Waals surface area contributed by atoms with Gasteiger partial charge in [-0.1, -0.05) is 37.3 Å². The number of nitrogens with zero attached hydrogens (tertiary/aromatic N) is 2. The third-order valence-electron chi connectivity index (χ3n) is 6.18. The van der Waals surface area contributed by atoms with Gasteiger partial charge in [0, 0.05) is 18.3 Å². The predicted molar refractivity (Wildman–Crippen MR) is 118 cm³/mol. The number of methoxy groups -OCH3 is 1. The molecule has 0 aromatic heterocycles. The topological polar surface area (TPSA) is 66.9 Å². The number of para-hydroxylation sites is 1. The van der Waals surface area contributed by atoms with Crippen molar-refractivity contribution in [3.8, 4) is 5.75 Å². The Morgan fingerprint density at radius 2 is 1.73 bits per heavy atom. The number of fused-ring (bicyclic) bond motifs is 1. The van der Waals surface area contributed by atoms with E-state index < -0.39 is 9.84 Å². The molecule has 7 heteroatoms. The highest BCUT2D eigenvalue weighted by atomic mass is 32.2. The highest BCUT2D eigenvalue weighted by molar-refractivity contribution is 7.91. The lowest BCUT2D eigenvalue weighted by Gasteiger charge is -2.43. The molecule has 0 radical (unpaired) electrons. The summed E-state index contributed by atoms with van der Waals surface area (Å²) < 4.78 is 30.5. The fraction of sp³-hybridized carbons (Fsp3) is 0.435. The van der Waals surface area contributed by atoms with Crippen molar-refractivity contribution in [2.75, 3.05) is 36.6 Å². The van der Waals surface area contributed by atoms with E-state index in [4.69, 9.17) is 4.74 Å². The Hall–Kier alpha value is -2.38. The van der Waals surface area contributed by atoms with Crippen molar-refractivity contribution >= 4 is 21.4 Å². The average molecular weight is 429 g/mol. The van der Waals surface area contributed by atoms with Crippen LogP contribution in [-0.4, -0.2) is 63.0 Å². The Balaban J connectivity index is 1.57. The molecule has 0 saturated carbocycles. The summed E-state index contributed by atoms with van der Waals surface area (Å²) in [6.07, 6.45) is 1.62. The van der Waals surface area contributed by atoms with Gasteiger partial charge in [-0.3, -0.25) is 9.69 Å². The Labute approximate surface area is 178 Å². The Bertz CT molecular complexity index is 1020. The zero-order valence-corrected chi connectivity index (χ0v) is 18.3. The van der Waals surface area contributed by atoms with Crippen molar-refractivity contribution in [3.63, 3.8) is 0 Å². The maximum Gasteiger partial charge on any atom is 0.241 e. The number of aryl methyl sites for hydroxylation is 1. The maximum atomic E-state index is 13.1. The smallest absolute Gasteiger partial charge is 0.241 e. The number of hydrogen-bond donors (Lipinski definition) is 0. The maximum absolute atomic E-state index is 13.1. The summed E-state index contributed by atoms with van der Waals surface area (Å²) in [6.45, 7) is 2.92. The first-order valence-corrected chi connectivity index (χ1v) is 12.2. The third kappa shape index (κ3) is 4.09. The summed E-state index contributed by atoms with van der Waals surface area (Å²) in [5.74, 6) is 0.886. The van der Waals surface area contributed by atoms with E-state index in [2.05, 4.69) is 6.92 Å². The number of rotatable bonds is 6. The van der Waals surface area contributed by atoms with Gasteiger partial charge >= 0.3 is 0 Å². The van der Waals surface area contributed by atoms with Gasteiger partial charge in [-0.25, -0.2) is 8.42 Å². The Morgan fingerprint density at radius 1 is 1.03 bits per heavy atom. The van der Waals surface area contributed by atoms with E-state index in [9.17, 15) is 13.2 Å². The van der Waals surface area contributed by atoms with E-state index >= 15 is 0 Å². The summed E-state index contributed by atoms with van der Waals surface area (Å²) in [5, 5.41) is 0. The molecule has 0 bridgehead atoms. The number of carbonyl (C=O) groups is 1. The van der Waals surface area contributed by atoms with Crippen LogP contribution in [0.4, 0.5) is 5.69 Å². The van der Waals surface area contributed by atoms with Gasteiger partial charge in [0.25, 0.3) is 0 Å². The zero-order valence-electron chi connectivity index (χ0n) is 17.5. The number of hydrogen-bond acceptors (Lipinski definition) is 5. The monoisotopic (exact) mass is 428 g/mol. The molecule has 0 aliphatic carbocycles. The molecule has 30 heavy (non-hydrogen) atoms. The van der Waals surface area contributed by atoms with Gasteiger partial charge in [0.2, 0.25) is 5.91 Å². The molecule has 0 unspecified atom stereocenters. The Kier molecular flexibility index (Phi) is 5.84. The number of amides is 1. The molecule has 2 saturated heterocycles. The van der Waals surface area contributed by atoms with E-state index in [1.54, 1.807) is 12.0 Å². The number of anilines is 1. The molecule has 6 nitrogen and oxygen atoms in total. The second-order valence-electron chi connectivity index (χ2n) is 8.03. The molecular weight excluding hydrogens is 400 g/mol. The van der Waals surface area contributed by atoms with Crippen molar-refractivity contribution in [2.45, 2.75) is 31.8 Å². The average Bonchev–Trinajstić information content (AvgIpc) is 3.07. The molecule has 0 spiro atoms. The molecule has 2 aromatic carbocycles. The number of benzene rings is 2. The fourth-order valence-corrected chi connectivity index (χ4v) is 6.59. The lowest BCUT2D eigenvalue weighted by molar-refractivity contribution is -0.123. The minimum absolute atomic E-state index is 0.0180. The summed E-state index contributed by atoms with van der Waals surface area (Å²) in [6, 6.07) is 15.2. The van der Waals surface area contributed by atoms with Crippen LogP contribution in [0.2, 0.25) is 0 Å². The van der Waals surface area contributed by atoms with Crippen LogP contribution >= 0.6 is 0 Å². The van der Waals surface area contributed by atoms with Crippen LogP contribution in [-0.2, 0) is 27.5 Å². The van der Waals surface area contributed by atoms with E-state index in [0.29, 0.717) is 13.0 Å². The van der Waals surface area contributed by atoms with Gasteiger partial charge < -0.3 is 9.64 Å². The van der Waals surface area contributed by atoms with Crippen LogP contribution in [0.5, 0.6) is 5.75 Å². The highest BCUT2D eigenvalue weighted by Gasteiger charge is 2.49. The SMILES string of the molecule is CCc1ccc(N2C(=O)CN(CCc3ccccc3OC)[C@H]3CS(=O)(=O)C[C@H]32)cc1. The minimum Gasteiger partial charge on any atom is -0.496 e. The van der Waals surface area contributed by atoms with Crippen molar-refractivity contribution in [1.29, 1.82) is 0 Å². The fourth-order valence-electron chi connectivity index (χ4n) is 4.60. The molecule has 160 valence electrons. The molecule has 2 fully saturated rings. The highest BCUT2D eigenvalue weighted by Crippen LogP contribution is 2.32. The zero-order chi connectivity index (χ0) is 21.3. The van der Waals surface area contributed by atoms with Crippen molar-refractivity contribution < 1.29 is 17.9 Å². The second-order valence-corrected chi connectivity index (χ2v) is 10.2. The van der Waals surface area contributed by atoms with Gasteiger partial charge in [-0.15, -0.1) is 0 Å². The van der Waals surface area contributed by atoms with Crippen LogP contribution in [0, 0.1) is 0 Å². The van der Waals surface area contributed by atoms with Crippen molar-refractivity contribution in [2.24, 2.45) is 0 Å². The normalized spacial score (nSPS) is 23.4. The molecule has 2 atom stereocenters. The molecule has 2 aromatic rings. The van der Waals surface area contributed by atoms with Crippen LogP contribution in [0.1, 0.15) is 18.1 Å². The number of ether oxygens (including phenoxy) is 1. The van der Waals surface area contributed by atoms with Crippen LogP contribution < -0.4 is 9.64 Å². The molecule has 1 amide bonds. The van der Waals surface area contributed by atoms with E-state index in [1.165, 1.54) is 5.56 Å². The van der Waals surface area contributed by atoms with Gasteiger partial charge in [0.05, 0.1) is 31.2 Å². The summed E-state index contributed by atoms with van der Waals surface area (Å²) in [7, 11) is -1.55. The van der Waals surface area contributed by atoms with Crippen molar-refractivity contribution in [1.82, 2.24) is 4.90 Å². The van der Waals surface area contributed by atoms with E-state index in [0.717, 1.165) is 23.4 Å². The van der Waals surface area contributed by atoms with Gasteiger partial charge in [-0.05, 0) is 42.2 Å². The molecular formula is C23H28N2O4S. The minimum atomic E-state index is -3.19. The Morgan fingerprint density at radius 3 is 2.43 bits per heavy atom. The first kappa shape index (κ1) is 20.9. The lowest BCUT2D eigenvalue weighted by Crippen LogP contribution is -2.62. The summed E-state index contributed by atoms with van der Waals surface area (Å²) >= 11 is 0. The third-order valence-corrected chi connectivity index (χ3v) is 7.88. The van der Waals surface area contributed by atoms with Gasteiger partial charge in [-0.2, -0.15) is 0 Å². The number of carbonyl (C=O) groups excluding carboxylic acids is 1. The van der Waals surface area contributed by atoms with Gasteiger partial charge in [0.1, 0.15) is 5.75 Å². The summed E-state index contributed by atoms with van der Waals surface area (Å²) in [5.41, 5.74) is 3.04. The largest absolute Gasteiger partial charge is 0.496 e. The molecule has 2 aliphatic rings. The molecule has 4 rings (SSSR count). The first-order valence-electron chi connectivity index (χ1n) is 10.4. The van der Waals surface area contributed by atoms with Crippen LogP contribution in [0.15, 0.2) is 48.5 Å². The standard InChI is InChI=1S/C23H28N2O4S/c1-3-17-8-10-19(11-9-17)25-21-16-30(27,28)15-20(21)24(14-23(25)26)13-12-18-6-4-5-7-22(18)29-2/h4-11,20-21H,3,12-16H2,1-2H3/t20-,21+/m0/s1. The first-order chi connectivity index (χ1) is 14.4. The molecule has 2 aliphatic heterocycles. The lowest BCUT2D eigenvalue weighted by atomic mass is 10.0. The quantitative estimate of drug-likeness (QED) is 0.706. The second kappa shape index (κ2) is 8.40. The summed E-state index contributed by atoms with van der Waals surface area (Å²) in [4.78, 5) is 16.9. The van der Waals surface area contributed by atoms with E-state index in [-0.39, 0.29) is 36.0 Å². The van der Waals surface area contributed by atoms with Crippen molar-refractivity contribution in [3.05, 3.63) is 59.7 Å². The van der Waals surface area contributed by atoms with Crippen LogP contribution in [0.3, 0.4) is 0 Å². The van der Waals surface area contributed by atoms with Crippen LogP contribution in [0.25, 0.3) is 0 Å². The molecule has 0 N–H and O–H groups in total. The number of sulfone groups is 1. The van der Waals surface area contributed by atoms with E-state index in [1.807, 2.05) is 53.4 Å².